The summed E-state index contributed by atoms with van der Waals surface area (Å²) in [6.45, 7) is 0.911. The molecule has 0 amide bonds. The van der Waals surface area contributed by atoms with Gasteiger partial charge in [0.25, 0.3) is 0 Å². The lowest BCUT2D eigenvalue weighted by atomic mass is 10.2. The average molecular weight is 213 g/mol. The Hall–Kier alpha value is -1.95. The number of benzene rings is 1. The van der Waals surface area contributed by atoms with E-state index in [2.05, 4.69) is 34.6 Å². The summed E-state index contributed by atoms with van der Waals surface area (Å²) in [6, 6.07) is 12.5. The minimum Gasteiger partial charge on any atom is -0.372 e. The van der Waals surface area contributed by atoms with Crippen molar-refractivity contribution < 1.29 is 0 Å². The number of fused-ring (bicyclic) bond motifs is 1. The number of anilines is 1. The Morgan fingerprint density at radius 3 is 2.94 bits per heavy atom. The highest BCUT2D eigenvalue weighted by molar-refractivity contribution is 5.83. The number of nitrogens with one attached hydrogen (secondary N) is 2. The summed E-state index contributed by atoms with van der Waals surface area (Å²) in [6.07, 6.45) is 2.64. The van der Waals surface area contributed by atoms with Gasteiger partial charge in [0.15, 0.2) is 0 Å². The summed E-state index contributed by atoms with van der Waals surface area (Å²) in [5.41, 5.74) is 1.15. The van der Waals surface area contributed by atoms with Crippen LogP contribution >= 0.6 is 0 Å². The molecule has 0 spiro atoms. The van der Waals surface area contributed by atoms with Crippen molar-refractivity contribution in [3.8, 4) is 6.07 Å². The molecule has 82 valence electrons. The van der Waals surface area contributed by atoms with E-state index in [4.69, 9.17) is 5.26 Å². The molecular weight excluding hydrogens is 198 g/mol. The van der Waals surface area contributed by atoms with Crippen LogP contribution in [0.4, 0.5) is 5.82 Å². The molecule has 3 heteroatoms. The average Bonchev–Trinajstić information content (AvgIpc) is 2.71. The SMILES string of the molecule is N#CCCCCNc1cc2ccccc2[nH]1. The molecule has 0 saturated heterocycles. The van der Waals surface area contributed by atoms with Gasteiger partial charge in [0.2, 0.25) is 0 Å². The van der Waals surface area contributed by atoms with Crippen LogP contribution in [0, 0.1) is 11.3 Å². The van der Waals surface area contributed by atoms with Crippen molar-refractivity contribution in [3.63, 3.8) is 0 Å². The molecule has 2 aromatic rings. The van der Waals surface area contributed by atoms with E-state index in [1.165, 1.54) is 5.39 Å². The number of rotatable bonds is 5. The van der Waals surface area contributed by atoms with E-state index in [0.29, 0.717) is 6.42 Å². The molecule has 1 aromatic carbocycles. The summed E-state index contributed by atoms with van der Waals surface area (Å²) in [5.74, 6) is 1.05. The minimum atomic E-state index is 0.647. The lowest BCUT2D eigenvalue weighted by Gasteiger charge is -2.01. The highest BCUT2D eigenvalue weighted by atomic mass is 15.0. The van der Waals surface area contributed by atoms with E-state index in [9.17, 15) is 0 Å². The third-order valence-corrected chi connectivity index (χ3v) is 2.56. The summed E-state index contributed by atoms with van der Waals surface area (Å²) in [4.78, 5) is 3.31. The lowest BCUT2D eigenvalue weighted by Crippen LogP contribution is -2.00. The number of H-pyrrole nitrogens is 1. The van der Waals surface area contributed by atoms with Gasteiger partial charge in [-0.15, -0.1) is 0 Å². The molecule has 0 aliphatic heterocycles. The molecule has 0 atom stereocenters. The molecule has 0 fully saturated rings. The number of para-hydroxylation sites is 1. The van der Waals surface area contributed by atoms with Crippen molar-refractivity contribution in [2.24, 2.45) is 0 Å². The maximum absolute atomic E-state index is 8.40. The summed E-state index contributed by atoms with van der Waals surface area (Å²) < 4.78 is 0. The first-order chi connectivity index (χ1) is 7.90. The second-order valence-corrected chi connectivity index (χ2v) is 3.81. The van der Waals surface area contributed by atoms with Crippen molar-refractivity contribution in [2.45, 2.75) is 19.3 Å². The first kappa shape index (κ1) is 10.6. The molecule has 0 saturated carbocycles. The van der Waals surface area contributed by atoms with Crippen molar-refractivity contribution in [3.05, 3.63) is 30.3 Å². The van der Waals surface area contributed by atoms with Crippen LogP contribution in [0.25, 0.3) is 10.9 Å². The standard InChI is InChI=1S/C13H15N3/c14-8-4-1-5-9-15-13-10-11-6-2-3-7-12(11)16-13/h2-3,6-7,10,15-16H,1,4-5,9H2. The number of nitriles is 1. The Balaban J connectivity index is 1.88. The molecule has 3 nitrogen and oxygen atoms in total. The fourth-order valence-corrected chi connectivity index (χ4v) is 1.72. The van der Waals surface area contributed by atoms with Gasteiger partial charge in [0.1, 0.15) is 5.82 Å². The predicted molar refractivity (Wildman–Crippen MR) is 66.3 cm³/mol. The molecule has 16 heavy (non-hydrogen) atoms. The molecule has 2 N–H and O–H groups in total. The molecule has 1 heterocycles. The molecule has 0 radical (unpaired) electrons. The highest BCUT2D eigenvalue weighted by Crippen LogP contribution is 2.17. The number of nitrogens with zero attached hydrogens (tertiary/aromatic N) is 1. The Kier molecular flexibility index (Phi) is 3.45. The summed E-state index contributed by atoms with van der Waals surface area (Å²) in [7, 11) is 0. The second-order valence-electron chi connectivity index (χ2n) is 3.81. The molecule has 1 aromatic heterocycles. The van der Waals surface area contributed by atoms with Crippen LogP contribution in [-0.2, 0) is 0 Å². The molecule has 2 rings (SSSR count). The highest BCUT2D eigenvalue weighted by Gasteiger charge is 1.98. The van der Waals surface area contributed by atoms with Crippen LogP contribution in [0.15, 0.2) is 30.3 Å². The maximum atomic E-state index is 8.40. The first-order valence-corrected chi connectivity index (χ1v) is 5.59. The van der Waals surface area contributed by atoms with E-state index < -0.39 is 0 Å². The van der Waals surface area contributed by atoms with Crippen LogP contribution < -0.4 is 5.32 Å². The van der Waals surface area contributed by atoms with Gasteiger partial charge in [-0.1, -0.05) is 18.2 Å². The van der Waals surface area contributed by atoms with Crippen molar-refractivity contribution >= 4 is 16.7 Å². The normalized spacial score (nSPS) is 10.2. The van der Waals surface area contributed by atoms with Crippen LogP contribution in [0.1, 0.15) is 19.3 Å². The second kappa shape index (κ2) is 5.22. The topological polar surface area (TPSA) is 51.6 Å². The van der Waals surface area contributed by atoms with Gasteiger partial charge >= 0.3 is 0 Å². The van der Waals surface area contributed by atoms with Crippen molar-refractivity contribution in [2.75, 3.05) is 11.9 Å². The lowest BCUT2D eigenvalue weighted by molar-refractivity contribution is 0.783. The zero-order chi connectivity index (χ0) is 11.2. The largest absolute Gasteiger partial charge is 0.372 e. The smallest absolute Gasteiger partial charge is 0.104 e. The zero-order valence-electron chi connectivity index (χ0n) is 9.16. The summed E-state index contributed by atoms with van der Waals surface area (Å²) in [5, 5.41) is 13.0. The molecule has 0 bridgehead atoms. The number of unbranched alkanes of at least 4 members (excludes halogenated alkanes) is 2. The third-order valence-electron chi connectivity index (χ3n) is 2.56. The maximum Gasteiger partial charge on any atom is 0.104 e. The van der Waals surface area contributed by atoms with E-state index in [1.807, 2.05) is 12.1 Å². The Morgan fingerprint density at radius 2 is 2.12 bits per heavy atom. The zero-order valence-corrected chi connectivity index (χ0v) is 9.16. The van der Waals surface area contributed by atoms with Crippen LogP contribution in [0.2, 0.25) is 0 Å². The number of hydrogen-bond donors (Lipinski definition) is 2. The third kappa shape index (κ3) is 2.54. The first-order valence-electron chi connectivity index (χ1n) is 5.59. The van der Waals surface area contributed by atoms with E-state index in [1.54, 1.807) is 0 Å². The Labute approximate surface area is 95.1 Å². The quantitative estimate of drug-likeness (QED) is 0.749. The van der Waals surface area contributed by atoms with Crippen molar-refractivity contribution in [1.82, 2.24) is 4.98 Å². The molecule has 0 aliphatic carbocycles. The minimum absolute atomic E-state index is 0.647. The van der Waals surface area contributed by atoms with Crippen LogP contribution in [-0.4, -0.2) is 11.5 Å². The van der Waals surface area contributed by atoms with Gasteiger partial charge in [-0.05, 0) is 25.0 Å². The van der Waals surface area contributed by atoms with Gasteiger partial charge in [0, 0.05) is 23.9 Å². The van der Waals surface area contributed by atoms with Gasteiger partial charge in [-0.25, -0.2) is 0 Å². The fraction of sp³-hybridized carbons (Fsp3) is 0.308. The van der Waals surface area contributed by atoms with Crippen LogP contribution in [0.3, 0.4) is 0 Å². The van der Waals surface area contributed by atoms with E-state index in [0.717, 1.165) is 30.7 Å². The Bertz CT molecular complexity index is 460. The van der Waals surface area contributed by atoms with Gasteiger partial charge in [0.05, 0.1) is 6.07 Å². The number of aromatic nitrogens is 1. The van der Waals surface area contributed by atoms with E-state index >= 15 is 0 Å². The van der Waals surface area contributed by atoms with Gasteiger partial charge < -0.3 is 10.3 Å². The van der Waals surface area contributed by atoms with Gasteiger partial charge in [-0.2, -0.15) is 5.26 Å². The fourth-order valence-electron chi connectivity index (χ4n) is 1.72. The van der Waals surface area contributed by atoms with E-state index in [-0.39, 0.29) is 0 Å². The number of hydrogen-bond acceptors (Lipinski definition) is 2. The Morgan fingerprint density at radius 1 is 1.25 bits per heavy atom. The van der Waals surface area contributed by atoms with Crippen LogP contribution in [0.5, 0.6) is 0 Å². The molecule has 0 unspecified atom stereocenters. The molecule has 0 aliphatic rings. The predicted octanol–water partition coefficient (Wildman–Crippen LogP) is 3.27. The number of aromatic amines is 1. The molecular formula is C13H15N3. The van der Waals surface area contributed by atoms with Gasteiger partial charge in [-0.3, -0.25) is 0 Å². The van der Waals surface area contributed by atoms with Crippen molar-refractivity contribution in [1.29, 1.82) is 5.26 Å². The summed E-state index contributed by atoms with van der Waals surface area (Å²) >= 11 is 0. The monoisotopic (exact) mass is 213 g/mol.